The van der Waals surface area contributed by atoms with Crippen molar-refractivity contribution in [2.24, 2.45) is 0 Å². The minimum atomic E-state index is -0.708. The molecule has 0 saturated carbocycles. The Hall–Kier alpha value is -3.72. The number of amides is 1. The first-order chi connectivity index (χ1) is 15.4. The van der Waals surface area contributed by atoms with E-state index in [2.05, 4.69) is 25.6 Å². The fraction of sp³-hybridized carbons (Fsp3) is 0.136. The van der Waals surface area contributed by atoms with E-state index in [9.17, 15) is 13.6 Å². The summed E-state index contributed by atoms with van der Waals surface area (Å²) in [5, 5.41) is 16.0. The minimum absolute atomic E-state index is 0.0341. The molecule has 3 heterocycles. The average Bonchev–Trinajstić information content (AvgIpc) is 3.09. The number of rotatable bonds is 3. The molecule has 1 aliphatic rings. The summed E-state index contributed by atoms with van der Waals surface area (Å²) in [6.45, 7) is 1.76. The van der Waals surface area contributed by atoms with Gasteiger partial charge in [-0.15, -0.1) is 5.10 Å². The first kappa shape index (κ1) is 20.2. The van der Waals surface area contributed by atoms with Crippen LogP contribution in [0.3, 0.4) is 0 Å². The monoisotopic (exact) mass is 452 g/mol. The van der Waals surface area contributed by atoms with Crippen LogP contribution in [0.2, 0.25) is 5.02 Å². The Labute approximate surface area is 186 Å². The van der Waals surface area contributed by atoms with Gasteiger partial charge in [0.05, 0.1) is 17.6 Å². The minimum Gasteiger partial charge on any atom is -0.310 e. The lowest BCUT2D eigenvalue weighted by Crippen LogP contribution is -2.25. The van der Waals surface area contributed by atoms with Gasteiger partial charge in [-0.3, -0.25) is 4.79 Å². The first-order valence-corrected chi connectivity index (χ1v) is 10.1. The zero-order chi connectivity index (χ0) is 22.4. The lowest BCUT2D eigenvalue weighted by atomic mass is 9.85. The molecule has 2 aromatic heterocycles. The molecule has 10 heteroatoms. The molecule has 4 aromatic rings. The van der Waals surface area contributed by atoms with Crippen LogP contribution in [0, 0.1) is 18.6 Å². The van der Waals surface area contributed by atoms with Gasteiger partial charge in [-0.1, -0.05) is 23.7 Å². The number of anilines is 1. The maximum Gasteiger partial charge on any atom is 0.272 e. The second kappa shape index (κ2) is 7.76. The Bertz CT molecular complexity index is 1340. The van der Waals surface area contributed by atoms with Gasteiger partial charge in [0.1, 0.15) is 17.5 Å². The maximum absolute atomic E-state index is 13.9. The smallest absolute Gasteiger partial charge is 0.272 e. The molecule has 160 valence electrons. The van der Waals surface area contributed by atoms with Crippen molar-refractivity contribution in [3.8, 4) is 17.2 Å². The summed E-state index contributed by atoms with van der Waals surface area (Å²) in [4.78, 5) is 17.0. The number of hydrogen-bond donors (Lipinski definition) is 1. The Morgan fingerprint density at radius 3 is 2.56 bits per heavy atom. The number of aromatic nitrogens is 5. The van der Waals surface area contributed by atoms with Crippen molar-refractivity contribution < 1.29 is 13.6 Å². The molecule has 0 bridgehead atoms. The van der Waals surface area contributed by atoms with Gasteiger partial charge in [-0.2, -0.15) is 14.9 Å². The molecule has 1 N–H and O–H groups in total. The Morgan fingerprint density at radius 2 is 1.84 bits per heavy atom. The van der Waals surface area contributed by atoms with Crippen LogP contribution in [-0.2, 0) is 4.79 Å². The Morgan fingerprint density at radius 1 is 1.12 bits per heavy atom. The molecular weight excluding hydrogens is 438 g/mol. The number of nitrogens with zero attached hydrogens (tertiary/aromatic N) is 5. The van der Waals surface area contributed by atoms with Crippen LogP contribution in [0.15, 0.2) is 48.7 Å². The largest absolute Gasteiger partial charge is 0.310 e. The van der Waals surface area contributed by atoms with E-state index < -0.39 is 17.6 Å². The molecule has 1 amide bonds. The molecule has 0 aliphatic carbocycles. The van der Waals surface area contributed by atoms with Crippen molar-refractivity contribution in [3.05, 3.63) is 82.1 Å². The third-order valence-corrected chi connectivity index (χ3v) is 5.52. The topological polar surface area (TPSA) is 85.6 Å². The highest BCUT2D eigenvalue weighted by Crippen LogP contribution is 2.40. The van der Waals surface area contributed by atoms with Crippen LogP contribution >= 0.6 is 11.6 Å². The van der Waals surface area contributed by atoms with Gasteiger partial charge in [-0.25, -0.2) is 13.8 Å². The molecule has 5 rings (SSSR count). The van der Waals surface area contributed by atoms with Crippen molar-refractivity contribution in [1.82, 2.24) is 25.0 Å². The van der Waals surface area contributed by atoms with Crippen LogP contribution in [-0.4, -0.2) is 30.9 Å². The number of aryl methyl sites for hydroxylation is 1. The number of fused-ring (bicyclic) bond motifs is 1. The summed E-state index contributed by atoms with van der Waals surface area (Å²) < 4.78 is 29.1. The maximum atomic E-state index is 13.9. The van der Waals surface area contributed by atoms with Gasteiger partial charge in [0, 0.05) is 34.6 Å². The number of hydrogen-bond acceptors (Lipinski definition) is 5. The molecule has 32 heavy (non-hydrogen) atoms. The van der Waals surface area contributed by atoms with Crippen molar-refractivity contribution in [3.63, 3.8) is 0 Å². The summed E-state index contributed by atoms with van der Waals surface area (Å²) in [6.07, 6.45) is 1.54. The van der Waals surface area contributed by atoms with Crippen LogP contribution in [0.25, 0.3) is 17.2 Å². The standard InChI is InChI=1S/C22H15ClF2N6O/c1-11-20-17(13-6-15(24)8-16(25)7-13)9-19(32)28-21(20)31(30-11)22-27-18(10-26-29-22)12-2-4-14(23)5-3-12/h2-8,10,17H,9H2,1H3,(H,28,32)/t17-/m1/s1. The average molecular weight is 453 g/mol. The lowest BCUT2D eigenvalue weighted by molar-refractivity contribution is -0.116. The second-order valence-electron chi connectivity index (χ2n) is 7.42. The van der Waals surface area contributed by atoms with E-state index in [1.54, 1.807) is 31.2 Å². The highest BCUT2D eigenvalue weighted by Gasteiger charge is 2.33. The Kier molecular flexibility index (Phi) is 4.90. The van der Waals surface area contributed by atoms with Crippen LogP contribution < -0.4 is 5.32 Å². The first-order valence-electron chi connectivity index (χ1n) is 9.70. The zero-order valence-corrected chi connectivity index (χ0v) is 17.4. The molecule has 2 aromatic carbocycles. The molecule has 0 fully saturated rings. The van der Waals surface area contributed by atoms with Gasteiger partial charge in [0.25, 0.3) is 5.95 Å². The third kappa shape index (κ3) is 3.60. The van der Waals surface area contributed by atoms with Gasteiger partial charge in [0.15, 0.2) is 0 Å². The van der Waals surface area contributed by atoms with Crippen molar-refractivity contribution >= 4 is 23.3 Å². The van der Waals surface area contributed by atoms with Crippen LogP contribution in [0.4, 0.5) is 14.6 Å². The number of carbonyl (C=O) groups excluding carboxylic acids is 1. The van der Waals surface area contributed by atoms with E-state index in [1.165, 1.54) is 23.0 Å². The zero-order valence-electron chi connectivity index (χ0n) is 16.7. The fourth-order valence-electron chi connectivity index (χ4n) is 3.90. The van der Waals surface area contributed by atoms with Crippen molar-refractivity contribution in [2.45, 2.75) is 19.3 Å². The van der Waals surface area contributed by atoms with E-state index in [0.29, 0.717) is 33.4 Å². The van der Waals surface area contributed by atoms with Gasteiger partial charge < -0.3 is 5.32 Å². The Balaban J connectivity index is 1.62. The fourth-order valence-corrected chi connectivity index (χ4v) is 4.02. The molecule has 0 radical (unpaired) electrons. The van der Waals surface area contributed by atoms with E-state index in [-0.39, 0.29) is 18.3 Å². The number of nitrogens with one attached hydrogen (secondary N) is 1. The summed E-state index contributed by atoms with van der Waals surface area (Å²) in [7, 11) is 0. The summed E-state index contributed by atoms with van der Waals surface area (Å²) in [5.74, 6) is -1.79. The van der Waals surface area contributed by atoms with Gasteiger partial charge in [-0.05, 0) is 36.8 Å². The SMILES string of the molecule is Cc1nn(-c2nncc(-c3ccc(Cl)cc3)n2)c2c1[C@@H](c1cc(F)cc(F)c1)CC(=O)N2. The van der Waals surface area contributed by atoms with E-state index >= 15 is 0 Å². The van der Waals surface area contributed by atoms with Gasteiger partial charge >= 0.3 is 0 Å². The molecule has 7 nitrogen and oxygen atoms in total. The van der Waals surface area contributed by atoms with Crippen molar-refractivity contribution in [1.29, 1.82) is 0 Å². The van der Waals surface area contributed by atoms with Crippen LogP contribution in [0.1, 0.15) is 29.2 Å². The predicted molar refractivity (Wildman–Crippen MR) is 114 cm³/mol. The number of halogens is 3. The van der Waals surface area contributed by atoms with E-state index in [0.717, 1.165) is 11.6 Å². The third-order valence-electron chi connectivity index (χ3n) is 5.27. The van der Waals surface area contributed by atoms with Crippen molar-refractivity contribution in [2.75, 3.05) is 5.32 Å². The highest BCUT2D eigenvalue weighted by molar-refractivity contribution is 6.30. The lowest BCUT2D eigenvalue weighted by Gasteiger charge is -2.24. The highest BCUT2D eigenvalue weighted by atomic mass is 35.5. The molecule has 1 aliphatic heterocycles. The number of carbonyl (C=O) groups is 1. The van der Waals surface area contributed by atoms with Crippen LogP contribution in [0.5, 0.6) is 0 Å². The summed E-state index contributed by atoms with van der Waals surface area (Å²) in [6, 6.07) is 10.3. The molecule has 0 unspecified atom stereocenters. The number of benzene rings is 2. The molecule has 1 atom stereocenters. The molecular formula is C22H15ClF2N6O. The quantitative estimate of drug-likeness (QED) is 0.496. The van der Waals surface area contributed by atoms with E-state index in [4.69, 9.17) is 11.6 Å². The second-order valence-corrected chi connectivity index (χ2v) is 7.85. The van der Waals surface area contributed by atoms with E-state index in [1.807, 2.05) is 0 Å². The molecule has 0 spiro atoms. The summed E-state index contributed by atoms with van der Waals surface area (Å²) >= 11 is 5.96. The molecule has 0 saturated heterocycles. The van der Waals surface area contributed by atoms with Gasteiger partial charge in [0.2, 0.25) is 5.91 Å². The predicted octanol–water partition coefficient (Wildman–Crippen LogP) is 4.44. The normalized spacial score (nSPS) is 15.4. The summed E-state index contributed by atoms with van der Waals surface area (Å²) in [5.41, 5.74) is 2.90.